The van der Waals surface area contributed by atoms with Crippen LogP contribution in [0.4, 0.5) is 0 Å². The number of nitrogens with zero attached hydrogens (tertiary/aromatic N) is 2. The van der Waals surface area contributed by atoms with Gasteiger partial charge in [-0.25, -0.2) is 0 Å². The SMILES string of the molecule is Cc1ccc([C@@H]2C(=C(O)c3ccc4c(c3)C[C@@H](C)O4)C(=O)C(=O)N2Cc2ccncc2)o1. The minimum Gasteiger partial charge on any atom is -0.507 e. The Hall–Kier alpha value is -3.87. The summed E-state index contributed by atoms with van der Waals surface area (Å²) in [4.78, 5) is 31.6. The number of aromatic nitrogens is 1. The fraction of sp³-hybridized carbons (Fsp3) is 0.240. The van der Waals surface area contributed by atoms with Crippen LogP contribution in [0.2, 0.25) is 0 Å². The highest BCUT2D eigenvalue weighted by Crippen LogP contribution is 2.41. The van der Waals surface area contributed by atoms with Crippen LogP contribution in [0, 0.1) is 6.92 Å². The number of ketones is 1. The van der Waals surface area contributed by atoms with Gasteiger partial charge in [0.05, 0.1) is 5.57 Å². The lowest BCUT2D eigenvalue weighted by atomic mass is 9.97. The summed E-state index contributed by atoms with van der Waals surface area (Å²) in [7, 11) is 0. The minimum atomic E-state index is -0.833. The van der Waals surface area contributed by atoms with E-state index in [1.807, 2.05) is 13.0 Å². The highest BCUT2D eigenvalue weighted by molar-refractivity contribution is 6.46. The fourth-order valence-electron chi connectivity index (χ4n) is 4.35. The van der Waals surface area contributed by atoms with E-state index in [0.717, 1.165) is 16.9 Å². The number of Topliss-reactive ketones (excluding diaryl/α,β-unsaturated/α-hetero) is 1. The van der Waals surface area contributed by atoms with Crippen molar-refractivity contribution in [2.45, 2.75) is 39.0 Å². The Balaban J connectivity index is 1.62. The number of fused-ring (bicyclic) bond motifs is 1. The molecular weight excluding hydrogens is 408 g/mol. The predicted molar refractivity (Wildman–Crippen MR) is 116 cm³/mol. The van der Waals surface area contributed by atoms with Crippen molar-refractivity contribution < 1.29 is 23.8 Å². The summed E-state index contributed by atoms with van der Waals surface area (Å²) in [6, 6.07) is 11.5. The Morgan fingerprint density at radius 1 is 1.16 bits per heavy atom. The first-order chi connectivity index (χ1) is 15.4. The van der Waals surface area contributed by atoms with E-state index in [9.17, 15) is 14.7 Å². The second-order valence-corrected chi connectivity index (χ2v) is 8.19. The lowest BCUT2D eigenvalue weighted by Crippen LogP contribution is -2.29. The average molecular weight is 430 g/mol. The number of aliphatic hydroxyl groups is 1. The van der Waals surface area contributed by atoms with Gasteiger partial charge in [-0.15, -0.1) is 0 Å². The molecule has 1 fully saturated rings. The molecular formula is C25H22N2O5. The molecule has 0 spiro atoms. The molecule has 2 aromatic heterocycles. The number of aliphatic hydroxyl groups excluding tert-OH is 1. The molecule has 0 unspecified atom stereocenters. The van der Waals surface area contributed by atoms with E-state index in [1.165, 1.54) is 4.90 Å². The molecule has 4 heterocycles. The fourth-order valence-corrected chi connectivity index (χ4v) is 4.35. The van der Waals surface area contributed by atoms with E-state index in [2.05, 4.69) is 4.98 Å². The highest BCUT2D eigenvalue weighted by Gasteiger charge is 2.47. The van der Waals surface area contributed by atoms with E-state index in [1.54, 1.807) is 55.7 Å². The van der Waals surface area contributed by atoms with Gasteiger partial charge in [-0.2, -0.15) is 0 Å². The Morgan fingerprint density at radius 3 is 2.66 bits per heavy atom. The molecule has 1 saturated heterocycles. The van der Waals surface area contributed by atoms with Crippen LogP contribution in [0.1, 0.15) is 41.2 Å². The maximum atomic E-state index is 13.1. The average Bonchev–Trinajstić information content (AvgIpc) is 3.44. The number of aryl methyl sites for hydroxylation is 1. The molecule has 2 atom stereocenters. The zero-order valence-corrected chi connectivity index (χ0v) is 17.7. The van der Waals surface area contributed by atoms with Crippen molar-refractivity contribution in [3.05, 3.63) is 88.6 Å². The summed E-state index contributed by atoms with van der Waals surface area (Å²) < 4.78 is 11.5. The molecule has 162 valence electrons. The summed E-state index contributed by atoms with van der Waals surface area (Å²) in [5.41, 5.74) is 2.26. The molecule has 0 aliphatic carbocycles. The first-order valence-electron chi connectivity index (χ1n) is 10.5. The van der Waals surface area contributed by atoms with E-state index >= 15 is 0 Å². The van der Waals surface area contributed by atoms with Crippen molar-refractivity contribution in [1.82, 2.24) is 9.88 Å². The monoisotopic (exact) mass is 430 g/mol. The lowest BCUT2D eigenvalue weighted by Gasteiger charge is -2.23. The van der Waals surface area contributed by atoms with Crippen LogP contribution in [0.25, 0.3) is 5.76 Å². The number of likely N-dealkylation sites (tertiary alicyclic amines) is 1. The van der Waals surface area contributed by atoms with Crippen LogP contribution < -0.4 is 4.74 Å². The van der Waals surface area contributed by atoms with Gasteiger partial charge in [-0.3, -0.25) is 14.6 Å². The number of amides is 1. The van der Waals surface area contributed by atoms with Crippen molar-refractivity contribution in [3.63, 3.8) is 0 Å². The molecule has 2 aliphatic heterocycles. The van der Waals surface area contributed by atoms with Gasteiger partial charge in [0.2, 0.25) is 0 Å². The number of hydrogen-bond acceptors (Lipinski definition) is 6. The molecule has 1 aromatic carbocycles. The van der Waals surface area contributed by atoms with Crippen molar-refractivity contribution in [2.75, 3.05) is 0 Å². The second kappa shape index (κ2) is 7.67. The van der Waals surface area contributed by atoms with Gasteiger partial charge in [0, 0.05) is 30.9 Å². The van der Waals surface area contributed by atoms with Crippen molar-refractivity contribution in [1.29, 1.82) is 0 Å². The normalized spacial score (nSPS) is 21.6. The van der Waals surface area contributed by atoms with Crippen LogP contribution in [0.15, 0.2) is 64.8 Å². The quantitative estimate of drug-likeness (QED) is 0.383. The molecule has 32 heavy (non-hydrogen) atoms. The van der Waals surface area contributed by atoms with Crippen LogP contribution in [0.3, 0.4) is 0 Å². The van der Waals surface area contributed by atoms with Crippen LogP contribution >= 0.6 is 0 Å². The molecule has 0 saturated carbocycles. The van der Waals surface area contributed by atoms with Crippen molar-refractivity contribution in [3.8, 4) is 5.75 Å². The molecule has 7 nitrogen and oxygen atoms in total. The number of pyridine rings is 1. The van der Waals surface area contributed by atoms with Crippen LogP contribution in [0.5, 0.6) is 5.75 Å². The molecule has 3 aromatic rings. The minimum absolute atomic E-state index is 0.0188. The summed E-state index contributed by atoms with van der Waals surface area (Å²) >= 11 is 0. The molecule has 1 amide bonds. The Kier molecular flexibility index (Phi) is 4.81. The van der Waals surface area contributed by atoms with Crippen molar-refractivity contribution >= 4 is 17.4 Å². The standard InChI is InChI=1S/C25H22N2O5/c1-14-3-5-20(31-14)22-21(23(28)17-4-6-19-18(12-17)11-15(2)32-19)24(29)25(30)27(22)13-16-7-9-26-10-8-16/h3-10,12,15,22,28H,11,13H2,1-2H3/t15-,22-/m1/s1. The largest absolute Gasteiger partial charge is 0.507 e. The number of furan rings is 1. The molecule has 5 rings (SSSR count). The van der Waals surface area contributed by atoms with Crippen LogP contribution in [-0.4, -0.2) is 32.8 Å². The summed E-state index contributed by atoms with van der Waals surface area (Å²) in [5.74, 6) is 0.210. The van der Waals surface area contributed by atoms with Gasteiger partial charge >= 0.3 is 0 Å². The van der Waals surface area contributed by atoms with Crippen LogP contribution in [-0.2, 0) is 22.6 Å². The summed E-state index contributed by atoms with van der Waals surface area (Å²) in [5, 5.41) is 11.2. The summed E-state index contributed by atoms with van der Waals surface area (Å²) in [6.07, 6.45) is 4.03. The molecule has 0 radical (unpaired) electrons. The number of carbonyl (C=O) groups excluding carboxylic acids is 2. The maximum Gasteiger partial charge on any atom is 0.296 e. The van der Waals surface area contributed by atoms with Gasteiger partial charge in [0.15, 0.2) is 0 Å². The maximum absolute atomic E-state index is 13.1. The van der Waals surface area contributed by atoms with Gasteiger partial charge in [-0.1, -0.05) is 0 Å². The number of carbonyl (C=O) groups is 2. The number of ether oxygens (including phenoxy) is 1. The first kappa shape index (κ1) is 20.1. The molecule has 1 N–H and O–H groups in total. The Bertz CT molecular complexity index is 1240. The third-order valence-electron chi connectivity index (χ3n) is 5.84. The predicted octanol–water partition coefficient (Wildman–Crippen LogP) is 3.93. The van der Waals surface area contributed by atoms with Gasteiger partial charge in [-0.05, 0) is 67.4 Å². The first-order valence-corrected chi connectivity index (χ1v) is 10.5. The molecule has 0 bridgehead atoms. The third-order valence-corrected chi connectivity index (χ3v) is 5.84. The molecule has 7 heteroatoms. The number of rotatable bonds is 4. The van der Waals surface area contributed by atoms with Crippen molar-refractivity contribution in [2.24, 2.45) is 0 Å². The zero-order valence-electron chi connectivity index (χ0n) is 17.7. The zero-order chi connectivity index (χ0) is 22.4. The lowest BCUT2D eigenvalue weighted by molar-refractivity contribution is -0.140. The smallest absolute Gasteiger partial charge is 0.296 e. The number of benzene rings is 1. The topological polar surface area (TPSA) is 92.9 Å². The number of hydrogen-bond donors (Lipinski definition) is 1. The van der Waals surface area contributed by atoms with Gasteiger partial charge in [0.1, 0.15) is 35.2 Å². The summed E-state index contributed by atoms with van der Waals surface area (Å²) in [6.45, 7) is 3.95. The van der Waals surface area contributed by atoms with Gasteiger partial charge < -0.3 is 19.2 Å². The highest BCUT2D eigenvalue weighted by atomic mass is 16.5. The van der Waals surface area contributed by atoms with E-state index in [0.29, 0.717) is 23.5 Å². The Morgan fingerprint density at radius 2 is 1.94 bits per heavy atom. The van der Waals surface area contributed by atoms with Gasteiger partial charge in [0.25, 0.3) is 11.7 Å². The van der Waals surface area contributed by atoms with E-state index in [4.69, 9.17) is 9.15 Å². The second-order valence-electron chi connectivity index (χ2n) is 8.19. The molecule has 2 aliphatic rings. The Labute approximate surface area is 184 Å². The third kappa shape index (κ3) is 3.36. The van der Waals surface area contributed by atoms with E-state index < -0.39 is 17.7 Å². The van der Waals surface area contributed by atoms with E-state index in [-0.39, 0.29) is 24.0 Å².